The number of hydrogen-bond acceptors (Lipinski definition) is 9. The second-order valence-electron chi connectivity index (χ2n) is 10.9. The first-order valence-electron chi connectivity index (χ1n) is 16.3. The predicted octanol–water partition coefficient (Wildman–Crippen LogP) is 5.50. The Balaban J connectivity index is 1.69. The van der Waals surface area contributed by atoms with Crippen LogP contribution in [-0.2, 0) is 27.9 Å². The number of amidine groups is 1. The predicted molar refractivity (Wildman–Crippen MR) is 186 cm³/mol. The van der Waals surface area contributed by atoms with Crippen molar-refractivity contribution in [3.8, 4) is 0 Å². The van der Waals surface area contributed by atoms with E-state index in [1.807, 2.05) is 48.9 Å². The summed E-state index contributed by atoms with van der Waals surface area (Å²) >= 11 is 0. The summed E-state index contributed by atoms with van der Waals surface area (Å²) in [6.07, 6.45) is 7.14. The number of ether oxygens (including phenoxy) is 2. The summed E-state index contributed by atoms with van der Waals surface area (Å²) in [6.45, 7) is 8.94. The van der Waals surface area contributed by atoms with Gasteiger partial charge in [-0.1, -0.05) is 33.1 Å². The van der Waals surface area contributed by atoms with E-state index in [2.05, 4.69) is 22.2 Å². The molecule has 1 heterocycles. The quantitative estimate of drug-likeness (QED) is 0.0506. The highest BCUT2D eigenvalue weighted by atomic mass is 16.6. The molecule has 3 aromatic rings. The van der Waals surface area contributed by atoms with E-state index in [9.17, 15) is 14.7 Å². The number of imidazole rings is 1. The zero-order valence-electron chi connectivity index (χ0n) is 28.2. The molecule has 0 bridgehead atoms. The number of unbranched alkanes of at least 4 members (excludes halogenated alkanes) is 3. The van der Waals surface area contributed by atoms with Crippen LogP contribution in [0.15, 0.2) is 64.3 Å². The van der Waals surface area contributed by atoms with Crippen LogP contribution in [0.4, 0.5) is 5.69 Å². The first kappa shape index (κ1) is 36.9. The Bertz CT molecular complexity index is 1550. The topological polar surface area (TPSA) is 157 Å². The third-order valence-corrected chi connectivity index (χ3v) is 7.40. The lowest BCUT2D eigenvalue weighted by Crippen LogP contribution is -2.32. The molecule has 0 aliphatic heterocycles. The van der Waals surface area contributed by atoms with Crippen LogP contribution < -0.4 is 11.1 Å². The maximum atomic E-state index is 13.7. The largest absolute Gasteiger partial charge is 0.466 e. The number of anilines is 1. The van der Waals surface area contributed by atoms with Crippen molar-refractivity contribution in [2.75, 3.05) is 25.1 Å². The van der Waals surface area contributed by atoms with Crippen LogP contribution in [0, 0.1) is 0 Å². The van der Waals surface area contributed by atoms with Gasteiger partial charge in [0.25, 0.3) is 12.3 Å². The number of aryl methyl sites for hydroxylation is 1. The lowest BCUT2D eigenvalue weighted by Gasteiger charge is -2.22. The number of benzene rings is 2. The number of nitrogens with one attached hydrogen (secondary N) is 1. The molecule has 0 saturated carbocycles. The Morgan fingerprint density at radius 3 is 2.53 bits per heavy atom. The zero-order chi connectivity index (χ0) is 34.2. The molecule has 254 valence electrons. The highest BCUT2D eigenvalue weighted by Crippen LogP contribution is 2.21. The van der Waals surface area contributed by atoms with Gasteiger partial charge >= 0.3 is 5.97 Å². The molecule has 0 saturated heterocycles. The third kappa shape index (κ3) is 11.0. The number of allylic oxidation sites excluding steroid dienone is 1. The number of aliphatic hydroxyl groups excluding tert-OH is 1. The molecule has 12 nitrogen and oxygen atoms in total. The molecule has 3 rings (SSSR count). The van der Waals surface area contributed by atoms with Gasteiger partial charge in [-0.05, 0) is 75.2 Å². The Labute approximate surface area is 277 Å². The molecule has 1 amide bonds. The van der Waals surface area contributed by atoms with Crippen LogP contribution in [0.3, 0.4) is 0 Å². The number of nitrogens with zero attached hydrogens (tertiary/aromatic N) is 5. The lowest BCUT2D eigenvalue weighted by molar-refractivity contribution is -0.143. The van der Waals surface area contributed by atoms with E-state index in [-0.39, 0.29) is 37.3 Å². The maximum absolute atomic E-state index is 13.7. The fraction of sp³-hybridized carbons (Fsp3) is 0.457. The summed E-state index contributed by atoms with van der Waals surface area (Å²) in [5.41, 5.74) is 9.58. The second kappa shape index (κ2) is 19.2. The van der Waals surface area contributed by atoms with Crippen molar-refractivity contribution in [2.45, 2.75) is 79.2 Å². The first-order valence-corrected chi connectivity index (χ1v) is 16.3. The molecule has 1 aromatic heterocycles. The highest BCUT2D eigenvalue weighted by molar-refractivity contribution is 5.99. The summed E-state index contributed by atoms with van der Waals surface area (Å²) in [7, 11) is 1.92. The van der Waals surface area contributed by atoms with Crippen LogP contribution in [0.1, 0.15) is 88.0 Å². The fourth-order valence-electron chi connectivity index (χ4n) is 4.83. The minimum absolute atomic E-state index is 0.0517. The molecular weight excluding hydrogens is 598 g/mol. The van der Waals surface area contributed by atoms with Crippen molar-refractivity contribution >= 4 is 40.6 Å². The summed E-state index contributed by atoms with van der Waals surface area (Å²) in [5.74, 6) is 0.775. The number of fused-ring (bicyclic) bond motifs is 1. The number of hydrogen-bond donors (Lipinski definition) is 3. The monoisotopic (exact) mass is 647 g/mol. The molecule has 4 N–H and O–H groups in total. The fourth-order valence-corrected chi connectivity index (χ4v) is 4.83. The first-order chi connectivity index (χ1) is 22.7. The number of esters is 1. The molecule has 1 atom stereocenters. The number of aliphatic hydroxyl groups is 1. The van der Waals surface area contributed by atoms with Crippen LogP contribution in [0.5, 0.6) is 0 Å². The molecule has 0 aliphatic rings. The van der Waals surface area contributed by atoms with E-state index in [0.717, 1.165) is 42.7 Å². The molecule has 1 unspecified atom stereocenters. The third-order valence-electron chi connectivity index (χ3n) is 7.40. The van der Waals surface area contributed by atoms with Crippen molar-refractivity contribution < 1.29 is 24.2 Å². The Kier molecular flexibility index (Phi) is 15.1. The number of carbonyl (C=O) groups excluding carboxylic acids is 2. The molecule has 2 aromatic carbocycles. The van der Waals surface area contributed by atoms with Gasteiger partial charge in [-0.3, -0.25) is 14.5 Å². The Morgan fingerprint density at radius 2 is 1.85 bits per heavy atom. The van der Waals surface area contributed by atoms with E-state index in [1.54, 1.807) is 38.3 Å². The van der Waals surface area contributed by atoms with Gasteiger partial charge in [0, 0.05) is 36.6 Å². The average Bonchev–Trinajstić information content (AvgIpc) is 3.39. The van der Waals surface area contributed by atoms with Crippen molar-refractivity contribution in [3.63, 3.8) is 0 Å². The second-order valence-corrected chi connectivity index (χ2v) is 10.9. The van der Waals surface area contributed by atoms with Gasteiger partial charge in [0.15, 0.2) is 0 Å². The van der Waals surface area contributed by atoms with Gasteiger partial charge in [-0.15, -0.1) is 0 Å². The van der Waals surface area contributed by atoms with Gasteiger partial charge < -0.3 is 30.2 Å². The van der Waals surface area contributed by atoms with Gasteiger partial charge in [-0.2, -0.15) is 0 Å². The molecule has 0 spiro atoms. The van der Waals surface area contributed by atoms with Crippen LogP contribution in [0.25, 0.3) is 11.0 Å². The highest BCUT2D eigenvalue weighted by Gasteiger charge is 2.22. The molecular formula is C35H49N7O5. The van der Waals surface area contributed by atoms with Crippen molar-refractivity contribution in [2.24, 2.45) is 22.8 Å². The van der Waals surface area contributed by atoms with E-state index in [4.69, 9.17) is 20.2 Å². The summed E-state index contributed by atoms with van der Waals surface area (Å²) < 4.78 is 12.4. The summed E-state index contributed by atoms with van der Waals surface area (Å²) in [4.78, 5) is 40.6. The zero-order valence-corrected chi connectivity index (χ0v) is 28.2. The van der Waals surface area contributed by atoms with Gasteiger partial charge in [0.1, 0.15) is 17.5 Å². The summed E-state index contributed by atoms with van der Waals surface area (Å²) in [5, 5.41) is 13.4. The Hall–Kier alpha value is -4.55. The van der Waals surface area contributed by atoms with Gasteiger partial charge in [-0.25, -0.2) is 15.0 Å². The molecule has 12 heteroatoms. The standard InChI is InChI=1S/C35H49N7O5/c1-6-10-11-12-22-47-35(45)40-33(36)25-13-16-27(17-14-25)38-24-31-39-28-23-26(15-18-29(28)41(31)5)34(44)42(21-19-32(43)46-9-4)30(8-3)37-20-7-2/h8,13-18,20,23,35,38,45H,6-7,9-12,19,21-22,24H2,1-5H3,(H2,36,40)/b30-8+,37-20?. The molecule has 0 fully saturated rings. The van der Waals surface area contributed by atoms with Crippen LogP contribution in [-0.4, -0.2) is 69.7 Å². The molecule has 0 radical (unpaired) electrons. The lowest BCUT2D eigenvalue weighted by atomic mass is 10.1. The number of aliphatic imine (C=N–C) groups is 2. The number of amides is 1. The van der Waals surface area contributed by atoms with Crippen LogP contribution in [0.2, 0.25) is 0 Å². The van der Waals surface area contributed by atoms with E-state index < -0.39 is 6.41 Å². The van der Waals surface area contributed by atoms with E-state index >= 15 is 0 Å². The normalized spacial score (nSPS) is 12.9. The number of nitrogens with two attached hydrogens (primary N) is 1. The van der Waals surface area contributed by atoms with Crippen LogP contribution >= 0.6 is 0 Å². The van der Waals surface area contributed by atoms with E-state index in [0.29, 0.717) is 42.0 Å². The number of rotatable bonds is 19. The van der Waals surface area contributed by atoms with Gasteiger partial charge in [0.05, 0.1) is 37.2 Å². The molecule has 0 aliphatic carbocycles. The average molecular weight is 648 g/mol. The Morgan fingerprint density at radius 1 is 1.11 bits per heavy atom. The minimum Gasteiger partial charge on any atom is -0.466 e. The summed E-state index contributed by atoms with van der Waals surface area (Å²) in [6, 6.07) is 12.8. The van der Waals surface area contributed by atoms with Crippen molar-refractivity contribution in [1.82, 2.24) is 14.5 Å². The van der Waals surface area contributed by atoms with E-state index in [1.165, 1.54) is 4.90 Å². The smallest absolute Gasteiger partial charge is 0.307 e. The maximum Gasteiger partial charge on any atom is 0.307 e. The minimum atomic E-state index is -1.30. The SMILES string of the molecule is C/C=C(\N=CCC)N(CCC(=O)OCC)C(=O)c1ccc2c(c1)nc(CNc1ccc(C(N)=NC(O)OCCCCCC)cc1)n2C. The van der Waals surface area contributed by atoms with Crippen molar-refractivity contribution in [1.29, 1.82) is 0 Å². The number of carbonyl (C=O) groups is 2. The number of aromatic nitrogens is 2. The molecule has 47 heavy (non-hydrogen) atoms. The van der Waals surface area contributed by atoms with Gasteiger partial charge in [0.2, 0.25) is 0 Å². The van der Waals surface area contributed by atoms with Crippen molar-refractivity contribution in [3.05, 3.63) is 71.3 Å².